The monoisotopic (exact) mass is 303 g/mol. The molecule has 2 N–H and O–H groups in total. The maximum atomic E-state index is 6.02. The molecule has 3 heterocycles. The molecule has 2 aromatic heterocycles. The fourth-order valence-corrected chi connectivity index (χ4v) is 3.78. The van der Waals surface area contributed by atoms with Crippen molar-refractivity contribution in [3.8, 4) is 0 Å². The highest BCUT2D eigenvalue weighted by molar-refractivity contribution is 7.16. The van der Waals surface area contributed by atoms with Gasteiger partial charge in [-0.15, -0.1) is 11.3 Å². The van der Waals surface area contributed by atoms with Gasteiger partial charge >= 0.3 is 0 Å². The topological polar surface area (TPSA) is 58.3 Å². The Bertz CT molecular complexity index is 628. The largest absolute Gasteiger partial charge is 0.383 e. The molecule has 1 saturated carbocycles. The number of hydrogen-bond acceptors (Lipinski definition) is 6. The molecule has 1 aliphatic carbocycles. The molecule has 0 radical (unpaired) electrons. The van der Waals surface area contributed by atoms with E-state index in [4.69, 9.17) is 5.73 Å². The average molecular weight is 303 g/mol. The zero-order chi connectivity index (χ0) is 14.2. The van der Waals surface area contributed by atoms with E-state index in [1.807, 2.05) is 11.4 Å². The van der Waals surface area contributed by atoms with Crippen LogP contribution in [0.15, 0.2) is 11.4 Å². The van der Waals surface area contributed by atoms with Crippen molar-refractivity contribution in [1.82, 2.24) is 19.8 Å². The minimum atomic E-state index is 0.614. The van der Waals surface area contributed by atoms with Gasteiger partial charge in [0.2, 0.25) is 0 Å². The smallest absolute Gasteiger partial charge is 0.146 e. The highest BCUT2D eigenvalue weighted by atomic mass is 32.1. The van der Waals surface area contributed by atoms with Crippen LogP contribution >= 0.6 is 11.3 Å². The molecule has 6 heteroatoms. The van der Waals surface area contributed by atoms with Crippen LogP contribution in [0.4, 0.5) is 5.82 Å². The number of piperazine rings is 1. The molecule has 2 aromatic rings. The van der Waals surface area contributed by atoms with Crippen LogP contribution in [-0.2, 0) is 6.54 Å². The molecule has 21 heavy (non-hydrogen) atoms. The van der Waals surface area contributed by atoms with Gasteiger partial charge in [-0.2, -0.15) is 0 Å². The van der Waals surface area contributed by atoms with Crippen molar-refractivity contribution in [2.75, 3.05) is 38.5 Å². The van der Waals surface area contributed by atoms with Crippen LogP contribution in [-0.4, -0.2) is 52.5 Å². The Hall–Kier alpha value is -1.24. The second kappa shape index (κ2) is 5.51. The van der Waals surface area contributed by atoms with Crippen molar-refractivity contribution in [2.24, 2.45) is 5.92 Å². The van der Waals surface area contributed by atoms with Crippen molar-refractivity contribution < 1.29 is 0 Å². The molecule has 4 rings (SSSR count). The van der Waals surface area contributed by atoms with E-state index in [-0.39, 0.29) is 0 Å². The average Bonchev–Trinajstić information content (AvgIpc) is 3.15. The Balaban J connectivity index is 1.38. The molecule has 1 saturated heterocycles. The lowest BCUT2D eigenvalue weighted by Gasteiger charge is -2.34. The van der Waals surface area contributed by atoms with E-state index in [0.717, 1.165) is 41.6 Å². The van der Waals surface area contributed by atoms with E-state index in [9.17, 15) is 0 Å². The molecule has 0 aromatic carbocycles. The van der Waals surface area contributed by atoms with Crippen molar-refractivity contribution in [3.05, 3.63) is 17.3 Å². The minimum Gasteiger partial charge on any atom is -0.383 e. The molecule has 2 aliphatic rings. The molecule has 0 atom stereocenters. The number of fused-ring (bicyclic) bond motifs is 1. The van der Waals surface area contributed by atoms with E-state index < -0.39 is 0 Å². The third kappa shape index (κ3) is 3.02. The van der Waals surface area contributed by atoms with Gasteiger partial charge in [-0.25, -0.2) is 9.97 Å². The molecule has 0 spiro atoms. The van der Waals surface area contributed by atoms with E-state index in [2.05, 4.69) is 19.8 Å². The quantitative estimate of drug-likeness (QED) is 0.933. The maximum Gasteiger partial charge on any atom is 0.146 e. The van der Waals surface area contributed by atoms with Crippen molar-refractivity contribution in [1.29, 1.82) is 0 Å². The SMILES string of the molecule is Nc1nc(CN2CCN(CC3CC3)CC2)nc2sccc12. The molecule has 0 bridgehead atoms. The summed E-state index contributed by atoms with van der Waals surface area (Å²) in [5.74, 6) is 2.46. The summed E-state index contributed by atoms with van der Waals surface area (Å²) in [6.07, 6.45) is 2.88. The molecular weight excluding hydrogens is 282 g/mol. The van der Waals surface area contributed by atoms with E-state index >= 15 is 0 Å². The summed E-state index contributed by atoms with van der Waals surface area (Å²) in [6.45, 7) is 6.69. The summed E-state index contributed by atoms with van der Waals surface area (Å²) in [6, 6.07) is 2.00. The Labute approximate surface area is 128 Å². The van der Waals surface area contributed by atoms with E-state index in [0.29, 0.717) is 5.82 Å². The first-order chi connectivity index (χ1) is 10.3. The van der Waals surface area contributed by atoms with Crippen molar-refractivity contribution in [2.45, 2.75) is 19.4 Å². The predicted octanol–water partition coefficient (Wildman–Crippen LogP) is 1.80. The van der Waals surface area contributed by atoms with Gasteiger partial charge in [0, 0.05) is 32.7 Å². The third-order valence-corrected chi connectivity index (χ3v) is 5.25. The summed E-state index contributed by atoms with van der Waals surface area (Å²) in [5, 5.41) is 3.01. The van der Waals surface area contributed by atoms with E-state index in [1.165, 1.54) is 32.5 Å². The number of nitrogens with zero attached hydrogens (tertiary/aromatic N) is 4. The number of rotatable bonds is 4. The minimum absolute atomic E-state index is 0.614. The molecule has 0 amide bonds. The van der Waals surface area contributed by atoms with Gasteiger partial charge in [-0.3, -0.25) is 4.90 Å². The summed E-state index contributed by atoms with van der Waals surface area (Å²) in [7, 11) is 0. The lowest BCUT2D eigenvalue weighted by atomic mass is 10.2. The number of anilines is 1. The Morgan fingerprint density at radius 2 is 1.90 bits per heavy atom. The Kier molecular flexibility index (Phi) is 3.52. The van der Waals surface area contributed by atoms with Crippen LogP contribution in [0.25, 0.3) is 10.2 Å². The lowest BCUT2D eigenvalue weighted by Crippen LogP contribution is -2.46. The second-order valence-electron chi connectivity index (χ2n) is 6.18. The predicted molar refractivity (Wildman–Crippen MR) is 86.3 cm³/mol. The van der Waals surface area contributed by atoms with Crippen molar-refractivity contribution >= 4 is 27.4 Å². The zero-order valence-electron chi connectivity index (χ0n) is 12.2. The zero-order valence-corrected chi connectivity index (χ0v) is 13.0. The number of nitrogen functional groups attached to an aromatic ring is 1. The Morgan fingerprint density at radius 1 is 1.14 bits per heavy atom. The van der Waals surface area contributed by atoms with Gasteiger partial charge in [-0.1, -0.05) is 0 Å². The van der Waals surface area contributed by atoms with Gasteiger partial charge in [0.25, 0.3) is 0 Å². The molecule has 5 nitrogen and oxygen atoms in total. The molecule has 2 fully saturated rings. The number of thiophene rings is 1. The number of nitrogens with two attached hydrogens (primary N) is 1. The van der Waals surface area contributed by atoms with Gasteiger partial charge in [0.05, 0.1) is 11.9 Å². The normalized spacial score (nSPS) is 21.1. The van der Waals surface area contributed by atoms with Crippen LogP contribution in [0.2, 0.25) is 0 Å². The first kappa shape index (κ1) is 13.4. The Morgan fingerprint density at radius 3 is 2.67 bits per heavy atom. The van der Waals surface area contributed by atoms with Crippen LogP contribution in [0.3, 0.4) is 0 Å². The fourth-order valence-electron chi connectivity index (χ4n) is 2.99. The first-order valence-corrected chi connectivity index (χ1v) is 8.60. The maximum absolute atomic E-state index is 6.02. The second-order valence-corrected chi connectivity index (χ2v) is 7.08. The van der Waals surface area contributed by atoms with Crippen LogP contribution in [0.5, 0.6) is 0 Å². The summed E-state index contributed by atoms with van der Waals surface area (Å²) < 4.78 is 0. The van der Waals surface area contributed by atoms with Gasteiger partial charge < -0.3 is 10.6 Å². The standard InChI is InChI=1S/C15H21N5S/c16-14-12-3-8-21-15(12)18-13(17-14)10-20-6-4-19(5-7-20)9-11-1-2-11/h3,8,11H,1-2,4-7,9-10H2,(H2,16,17,18). The third-order valence-electron chi connectivity index (χ3n) is 4.44. The highest BCUT2D eigenvalue weighted by Gasteiger charge is 2.26. The molecule has 1 aliphatic heterocycles. The summed E-state index contributed by atoms with van der Waals surface area (Å²) >= 11 is 1.63. The fraction of sp³-hybridized carbons (Fsp3) is 0.600. The molecule has 112 valence electrons. The van der Waals surface area contributed by atoms with Crippen LogP contribution in [0, 0.1) is 5.92 Å². The lowest BCUT2D eigenvalue weighted by molar-refractivity contribution is 0.121. The van der Waals surface area contributed by atoms with Crippen LogP contribution < -0.4 is 5.73 Å². The summed E-state index contributed by atoms with van der Waals surface area (Å²) in [4.78, 5) is 15.2. The number of aromatic nitrogens is 2. The molecular formula is C15H21N5S. The highest BCUT2D eigenvalue weighted by Crippen LogP contribution is 2.30. The number of hydrogen-bond donors (Lipinski definition) is 1. The van der Waals surface area contributed by atoms with Crippen molar-refractivity contribution in [3.63, 3.8) is 0 Å². The first-order valence-electron chi connectivity index (χ1n) is 7.72. The van der Waals surface area contributed by atoms with Gasteiger partial charge in [0.1, 0.15) is 16.5 Å². The van der Waals surface area contributed by atoms with Gasteiger partial charge in [-0.05, 0) is 30.2 Å². The van der Waals surface area contributed by atoms with Gasteiger partial charge in [0.15, 0.2) is 0 Å². The van der Waals surface area contributed by atoms with Crippen LogP contribution in [0.1, 0.15) is 18.7 Å². The summed E-state index contributed by atoms with van der Waals surface area (Å²) in [5.41, 5.74) is 6.02. The van der Waals surface area contributed by atoms with E-state index in [1.54, 1.807) is 11.3 Å². The molecule has 0 unspecified atom stereocenters.